The fraction of sp³-hybridized carbons (Fsp3) is 0. The predicted octanol–water partition coefficient (Wildman–Crippen LogP) is 3.34. The maximum atomic E-state index is 10.1. The Morgan fingerprint density at radius 3 is 1.15 bits per heavy atom. The first-order valence-corrected chi connectivity index (χ1v) is 4.57. The van der Waals surface area contributed by atoms with Crippen molar-refractivity contribution in [2.24, 2.45) is 0 Å². The molecule has 0 spiro atoms. The van der Waals surface area contributed by atoms with Gasteiger partial charge >= 0.3 is 24.9 Å². The zero-order valence-corrected chi connectivity index (χ0v) is 8.69. The average Bonchev–Trinajstić information content (AvgIpc) is 1.80. The molecule has 0 heterocycles. The Bertz CT molecular complexity index is 193. The van der Waals surface area contributed by atoms with Crippen LogP contribution in [0.5, 0.6) is 0 Å². The SMILES string of the molecule is O=C(Cl)OP(OC(=O)Cl)OC(=O)Cl. The van der Waals surface area contributed by atoms with Gasteiger partial charge in [0.1, 0.15) is 0 Å². The van der Waals surface area contributed by atoms with Crippen molar-refractivity contribution in [3.63, 3.8) is 0 Å². The summed E-state index contributed by atoms with van der Waals surface area (Å²) < 4.78 is 12.0. The number of rotatable bonds is 3. The zero-order chi connectivity index (χ0) is 10.4. The minimum atomic E-state index is -2.62. The molecule has 0 aromatic heterocycles. The third-order valence-corrected chi connectivity index (χ3v) is 1.94. The third kappa shape index (κ3) is 8.05. The molecule has 0 fully saturated rings. The van der Waals surface area contributed by atoms with Gasteiger partial charge in [0, 0.05) is 34.8 Å². The summed E-state index contributed by atoms with van der Waals surface area (Å²) in [5.41, 5.74) is -3.99. The molecule has 6 nitrogen and oxygen atoms in total. The number of halogens is 3. The molecule has 0 atom stereocenters. The largest absolute Gasteiger partial charge is 0.539 e. The molecule has 0 rings (SSSR count). The summed E-state index contributed by atoms with van der Waals surface area (Å²) in [7, 11) is -2.62. The van der Waals surface area contributed by atoms with Gasteiger partial charge in [-0.3, -0.25) is 0 Å². The van der Waals surface area contributed by atoms with E-state index in [1.54, 1.807) is 0 Å². The van der Waals surface area contributed by atoms with E-state index in [9.17, 15) is 14.4 Å². The van der Waals surface area contributed by atoms with E-state index in [-0.39, 0.29) is 0 Å². The highest BCUT2D eigenvalue weighted by molar-refractivity contribution is 7.44. The minimum absolute atomic E-state index is 1.33. The van der Waals surface area contributed by atoms with E-state index in [2.05, 4.69) is 13.6 Å². The van der Waals surface area contributed by atoms with Crippen LogP contribution in [-0.2, 0) is 13.6 Å². The van der Waals surface area contributed by atoms with Crippen molar-refractivity contribution >= 4 is 59.7 Å². The fourth-order valence-corrected chi connectivity index (χ4v) is 1.20. The molecule has 0 saturated carbocycles. The Labute approximate surface area is 88.0 Å². The first kappa shape index (κ1) is 12.7. The molecule has 0 aromatic carbocycles. The Morgan fingerprint density at radius 1 is 0.769 bits per heavy atom. The lowest BCUT2D eigenvalue weighted by atomic mass is 11.6. The van der Waals surface area contributed by atoms with E-state index in [1.165, 1.54) is 0 Å². The van der Waals surface area contributed by atoms with Crippen LogP contribution in [0.2, 0.25) is 0 Å². The maximum Gasteiger partial charge on any atom is 0.539 e. The molecule has 0 aliphatic rings. The summed E-state index contributed by atoms with van der Waals surface area (Å²) in [6.07, 6.45) is 0. The van der Waals surface area contributed by atoms with Crippen molar-refractivity contribution in [2.45, 2.75) is 0 Å². The summed E-state index contributed by atoms with van der Waals surface area (Å²) in [6, 6.07) is 0. The number of carbonyl (C=O) groups excluding carboxylic acids is 3. The van der Waals surface area contributed by atoms with Crippen LogP contribution < -0.4 is 0 Å². The molecule has 0 radical (unpaired) electrons. The maximum absolute atomic E-state index is 10.1. The van der Waals surface area contributed by atoms with Gasteiger partial charge < -0.3 is 13.6 Å². The highest BCUT2D eigenvalue weighted by Crippen LogP contribution is 2.42. The Morgan fingerprint density at radius 2 is 1.00 bits per heavy atom. The van der Waals surface area contributed by atoms with Gasteiger partial charge in [-0.25, -0.2) is 14.4 Å². The third-order valence-electron chi connectivity index (χ3n) is 0.439. The first-order chi connectivity index (χ1) is 5.91. The average molecular weight is 269 g/mol. The van der Waals surface area contributed by atoms with Gasteiger partial charge in [-0.15, -0.1) is 0 Å². The van der Waals surface area contributed by atoms with Crippen LogP contribution in [0.25, 0.3) is 0 Å². The van der Waals surface area contributed by atoms with Crippen LogP contribution in [-0.4, -0.2) is 16.3 Å². The predicted molar refractivity (Wildman–Crippen MR) is 43.9 cm³/mol. The zero-order valence-electron chi connectivity index (χ0n) is 5.53. The van der Waals surface area contributed by atoms with Gasteiger partial charge in [0.05, 0.1) is 0 Å². The molecule has 0 N–H and O–H groups in total. The van der Waals surface area contributed by atoms with Crippen molar-refractivity contribution in [1.82, 2.24) is 0 Å². The van der Waals surface area contributed by atoms with Crippen LogP contribution >= 0.6 is 43.4 Å². The van der Waals surface area contributed by atoms with E-state index in [1.807, 2.05) is 0 Å². The molecule has 0 aliphatic carbocycles. The van der Waals surface area contributed by atoms with E-state index >= 15 is 0 Å². The first-order valence-electron chi connectivity index (χ1n) is 2.34. The molecular weight excluding hydrogens is 269 g/mol. The van der Waals surface area contributed by atoms with Crippen LogP contribution in [0.1, 0.15) is 0 Å². The highest BCUT2D eigenvalue weighted by Gasteiger charge is 2.25. The van der Waals surface area contributed by atoms with E-state index in [0.717, 1.165) is 0 Å². The normalized spacial score (nSPS) is 9.23. The van der Waals surface area contributed by atoms with Crippen LogP contribution in [0.3, 0.4) is 0 Å². The molecule has 74 valence electrons. The number of hydrogen-bond acceptors (Lipinski definition) is 6. The molecule has 10 heteroatoms. The molecular formula is C3Cl3O6P. The number of carbonyl (C=O) groups is 3. The summed E-state index contributed by atoms with van der Waals surface area (Å²) >= 11 is 14.2. The van der Waals surface area contributed by atoms with Gasteiger partial charge in [-0.05, 0) is 0 Å². The smallest absolute Gasteiger partial charge is 0.362 e. The lowest BCUT2D eigenvalue weighted by molar-refractivity contribution is 0.188. The van der Waals surface area contributed by atoms with E-state index in [0.29, 0.717) is 0 Å². The van der Waals surface area contributed by atoms with Gasteiger partial charge in [-0.1, -0.05) is 0 Å². The fourth-order valence-electron chi connectivity index (χ4n) is 0.232. The molecule has 0 amide bonds. The van der Waals surface area contributed by atoms with E-state index < -0.39 is 24.9 Å². The van der Waals surface area contributed by atoms with Crippen molar-refractivity contribution in [3.8, 4) is 0 Å². The molecule has 0 unspecified atom stereocenters. The van der Waals surface area contributed by atoms with Crippen LogP contribution in [0.15, 0.2) is 0 Å². The second kappa shape index (κ2) is 6.21. The second-order valence-corrected chi connectivity index (χ2v) is 3.13. The highest BCUT2D eigenvalue weighted by atomic mass is 35.5. The molecule has 13 heavy (non-hydrogen) atoms. The van der Waals surface area contributed by atoms with Crippen LogP contribution in [0, 0.1) is 0 Å². The summed E-state index contributed by atoms with van der Waals surface area (Å²) in [5, 5.41) is 0. The molecule has 0 saturated heterocycles. The van der Waals surface area contributed by atoms with Crippen molar-refractivity contribution in [1.29, 1.82) is 0 Å². The van der Waals surface area contributed by atoms with Crippen molar-refractivity contribution < 1.29 is 28.0 Å². The second-order valence-electron chi connectivity index (χ2n) is 1.21. The molecule has 0 bridgehead atoms. The quantitative estimate of drug-likeness (QED) is 0.577. The van der Waals surface area contributed by atoms with Crippen LogP contribution in [0.4, 0.5) is 14.4 Å². The topological polar surface area (TPSA) is 78.9 Å². The standard InChI is InChI=1S/C3Cl3O6P/c4-1(7)10-13(11-2(5)8)12-3(6)9. The number of hydrogen-bond donors (Lipinski definition) is 0. The van der Waals surface area contributed by atoms with Gasteiger partial charge in [-0.2, -0.15) is 0 Å². The Balaban J connectivity index is 4.10. The van der Waals surface area contributed by atoms with Crippen molar-refractivity contribution in [3.05, 3.63) is 0 Å². The Hall–Kier alpha value is -0.290. The summed E-state index contributed by atoms with van der Waals surface area (Å²) in [5.74, 6) is 0. The van der Waals surface area contributed by atoms with Crippen molar-refractivity contribution in [2.75, 3.05) is 0 Å². The van der Waals surface area contributed by atoms with Gasteiger partial charge in [0.15, 0.2) is 0 Å². The van der Waals surface area contributed by atoms with Gasteiger partial charge in [0.2, 0.25) is 0 Å². The lowest BCUT2D eigenvalue weighted by Crippen LogP contribution is -1.99. The lowest BCUT2D eigenvalue weighted by Gasteiger charge is -2.08. The van der Waals surface area contributed by atoms with Gasteiger partial charge in [0.25, 0.3) is 0 Å². The Kier molecular flexibility index (Phi) is 6.07. The van der Waals surface area contributed by atoms with E-state index in [4.69, 9.17) is 34.8 Å². The molecule has 0 aromatic rings. The monoisotopic (exact) mass is 268 g/mol. The minimum Gasteiger partial charge on any atom is -0.362 e. The summed E-state index contributed by atoms with van der Waals surface area (Å²) in [6.45, 7) is 0. The summed E-state index contributed by atoms with van der Waals surface area (Å²) in [4.78, 5) is 30.3. The molecule has 0 aliphatic heterocycles.